The molecule has 0 saturated carbocycles. The molecule has 0 heterocycles. The molecule has 0 aromatic carbocycles. The molecule has 4 N–H and O–H groups in total. The predicted octanol–water partition coefficient (Wildman–Crippen LogP) is 7.70. The molecular formula is C33H61NO4. The SMILES string of the molecule is CCCCCCCC/C=C\C/C=C\CCC(=O)NC(CO)C(O)C(O)CCC/C=C/CCCCCCCC. The van der Waals surface area contributed by atoms with Crippen LogP contribution in [0.1, 0.15) is 142 Å². The molecule has 0 aliphatic carbocycles. The first kappa shape index (κ1) is 36.6. The lowest BCUT2D eigenvalue weighted by Gasteiger charge is -2.26. The minimum absolute atomic E-state index is 0.226. The van der Waals surface area contributed by atoms with Gasteiger partial charge in [-0.2, -0.15) is 0 Å². The van der Waals surface area contributed by atoms with Gasteiger partial charge in [-0.3, -0.25) is 4.79 Å². The Morgan fingerprint density at radius 3 is 1.68 bits per heavy atom. The molecule has 3 unspecified atom stereocenters. The number of carbonyl (C=O) groups excluding carboxylic acids is 1. The van der Waals surface area contributed by atoms with Gasteiger partial charge in [0.15, 0.2) is 0 Å². The number of allylic oxidation sites excluding steroid dienone is 6. The van der Waals surface area contributed by atoms with Crippen molar-refractivity contribution in [3.63, 3.8) is 0 Å². The van der Waals surface area contributed by atoms with Gasteiger partial charge in [0.2, 0.25) is 5.91 Å². The highest BCUT2D eigenvalue weighted by Crippen LogP contribution is 2.11. The first-order valence-corrected chi connectivity index (χ1v) is 15.8. The fourth-order valence-corrected chi connectivity index (χ4v) is 4.44. The molecule has 5 heteroatoms. The Balaban J connectivity index is 3.92. The second-order valence-electron chi connectivity index (χ2n) is 10.6. The fraction of sp³-hybridized carbons (Fsp3) is 0.788. The number of amides is 1. The van der Waals surface area contributed by atoms with Crippen LogP contribution in [0, 0.1) is 0 Å². The summed E-state index contributed by atoms with van der Waals surface area (Å²) >= 11 is 0. The molecule has 1 amide bonds. The molecule has 222 valence electrons. The maximum absolute atomic E-state index is 12.2. The van der Waals surface area contributed by atoms with E-state index < -0.39 is 24.9 Å². The normalized spacial score (nSPS) is 14.6. The molecule has 5 nitrogen and oxygen atoms in total. The molecule has 0 aliphatic rings. The van der Waals surface area contributed by atoms with Gasteiger partial charge >= 0.3 is 0 Å². The summed E-state index contributed by atoms with van der Waals surface area (Å²) in [5.41, 5.74) is 0. The first-order valence-electron chi connectivity index (χ1n) is 15.8. The monoisotopic (exact) mass is 535 g/mol. The Bertz CT molecular complexity index is 602. The third-order valence-electron chi connectivity index (χ3n) is 6.98. The largest absolute Gasteiger partial charge is 0.394 e. The summed E-state index contributed by atoms with van der Waals surface area (Å²) in [6, 6.07) is -0.852. The number of nitrogens with one attached hydrogen (secondary N) is 1. The van der Waals surface area contributed by atoms with E-state index in [4.69, 9.17) is 0 Å². The first-order chi connectivity index (χ1) is 18.6. The Morgan fingerprint density at radius 1 is 0.658 bits per heavy atom. The minimum atomic E-state index is -1.18. The second-order valence-corrected chi connectivity index (χ2v) is 10.6. The van der Waals surface area contributed by atoms with Gasteiger partial charge in [0.25, 0.3) is 0 Å². The van der Waals surface area contributed by atoms with E-state index in [2.05, 4.69) is 49.5 Å². The Labute approximate surface area is 234 Å². The van der Waals surface area contributed by atoms with Gasteiger partial charge in [-0.1, -0.05) is 115 Å². The number of rotatable bonds is 27. The summed E-state index contributed by atoms with van der Waals surface area (Å²) in [5.74, 6) is -0.226. The van der Waals surface area contributed by atoms with Crippen LogP contribution in [0.5, 0.6) is 0 Å². The van der Waals surface area contributed by atoms with Gasteiger partial charge < -0.3 is 20.6 Å². The van der Waals surface area contributed by atoms with Crippen molar-refractivity contribution in [3.05, 3.63) is 36.5 Å². The number of carbonyl (C=O) groups is 1. The summed E-state index contributed by atoms with van der Waals surface area (Å²) in [6.07, 6.45) is 32.4. The number of aliphatic hydroxyl groups is 3. The van der Waals surface area contributed by atoms with Crippen LogP contribution in [0.3, 0.4) is 0 Å². The topological polar surface area (TPSA) is 89.8 Å². The molecule has 0 rings (SSSR count). The zero-order chi connectivity index (χ0) is 28.1. The highest BCUT2D eigenvalue weighted by Gasteiger charge is 2.26. The van der Waals surface area contributed by atoms with Gasteiger partial charge in [0.1, 0.15) is 6.10 Å². The molecule has 0 spiro atoms. The van der Waals surface area contributed by atoms with Crippen molar-refractivity contribution in [1.82, 2.24) is 5.32 Å². The maximum atomic E-state index is 12.2. The molecule has 0 aromatic heterocycles. The molecule has 0 bridgehead atoms. The maximum Gasteiger partial charge on any atom is 0.220 e. The Hall–Kier alpha value is -1.43. The molecule has 0 aliphatic heterocycles. The van der Waals surface area contributed by atoms with Crippen LogP contribution in [-0.2, 0) is 4.79 Å². The predicted molar refractivity (Wildman–Crippen MR) is 162 cm³/mol. The van der Waals surface area contributed by atoms with Crippen LogP contribution in [0.2, 0.25) is 0 Å². The van der Waals surface area contributed by atoms with Gasteiger partial charge in [-0.05, 0) is 57.8 Å². The summed E-state index contributed by atoms with van der Waals surface area (Å²) < 4.78 is 0. The highest BCUT2D eigenvalue weighted by atomic mass is 16.3. The van der Waals surface area contributed by atoms with Gasteiger partial charge in [0, 0.05) is 6.42 Å². The van der Waals surface area contributed by atoms with Crippen molar-refractivity contribution in [2.24, 2.45) is 0 Å². The van der Waals surface area contributed by atoms with E-state index in [1.54, 1.807) is 0 Å². The van der Waals surface area contributed by atoms with E-state index in [0.717, 1.165) is 32.1 Å². The lowest BCUT2D eigenvalue weighted by Crippen LogP contribution is -2.50. The van der Waals surface area contributed by atoms with Crippen LogP contribution in [0.25, 0.3) is 0 Å². The van der Waals surface area contributed by atoms with Crippen molar-refractivity contribution in [1.29, 1.82) is 0 Å². The molecule has 0 aromatic rings. The number of unbranched alkanes of at least 4 members (excludes halogenated alkanes) is 13. The van der Waals surface area contributed by atoms with E-state index in [9.17, 15) is 20.1 Å². The lowest BCUT2D eigenvalue weighted by molar-refractivity contribution is -0.124. The number of hydrogen-bond donors (Lipinski definition) is 4. The molecule has 38 heavy (non-hydrogen) atoms. The van der Waals surface area contributed by atoms with Crippen LogP contribution < -0.4 is 5.32 Å². The molecule has 0 fully saturated rings. The second kappa shape index (κ2) is 28.6. The summed E-state index contributed by atoms with van der Waals surface area (Å²) in [5, 5.41) is 33.0. The lowest BCUT2D eigenvalue weighted by atomic mass is 10.0. The van der Waals surface area contributed by atoms with Crippen molar-refractivity contribution in [2.75, 3.05) is 6.61 Å². The zero-order valence-electron chi connectivity index (χ0n) is 24.8. The van der Waals surface area contributed by atoms with Crippen molar-refractivity contribution < 1.29 is 20.1 Å². The van der Waals surface area contributed by atoms with Crippen molar-refractivity contribution in [2.45, 2.75) is 161 Å². The van der Waals surface area contributed by atoms with Crippen molar-refractivity contribution >= 4 is 5.91 Å². The van der Waals surface area contributed by atoms with Gasteiger partial charge in [-0.25, -0.2) is 0 Å². The third kappa shape index (κ3) is 23.7. The van der Waals surface area contributed by atoms with Crippen LogP contribution in [0.4, 0.5) is 0 Å². The summed E-state index contributed by atoms with van der Waals surface area (Å²) in [7, 11) is 0. The summed E-state index contributed by atoms with van der Waals surface area (Å²) in [6.45, 7) is 4.07. The highest BCUT2D eigenvalue weighted by molar-refractivity contribution is 5.76. The van der Waals surface area contributed by atoms with E-state index in [1.165, 1.54) is 77.0 Å². The molecule has 0 radical (unpaired) electrons. The smallest absolute Gasteiger partial charge is 0.220 e. The summed E-state index contributed by atoms with van der Waals surface area (Å²) in [4.78, 5) is 12.2. The fourth-order valence-electron chi connectivity index (χ4n) is 4.44. The molecular weight excluding hydrogens is 474 g/mol. The zero-order valence-corrected chi connectivity index (χ0v) is 24.8. The van der Waals surface area contributed by atoms with Crippen LogP contribution >= 0.6 is 0 Å². The van der Waals surface area contributed by atoms with E-state index >= 15 is 0 Å². The minimum Gasteiger partial charge on any atom is -0.394 e. The van der Waals surface area contributed by atoms with Gasteiger partial charge in [0.05, 0.1) is 18.8 Å². The van der Waals surface area contributed by atoms with Gasteiger partial charge in [-0.15, -0.1) is 0 Å². The van der Waals surface area contributed by atoms with Crippen LogP contribution in [-0.4, -0.2) is 46.1 Å². The number of aliphatic hydroxyl groups excluding tert-OH is 3. The van der Waals surface area contributed by atoms with E-state index in [0.29, 0.717) is 19.3 Å². The average Bonchev–Trinajstić information content (AvgIpc) is 2.92. The average molecular weight is 536 g/mol. The van der Waals surface area contributed by atoms with E-state index in [-0.39, 0.29) is 5.91 Å². The van der Waals surface area contributed by atoms with Crippen LogP contribution in [0.15, 0.2) is 36.5 Å². The third-order valence-corrected chi connectivity index (χ3v) is 6.98. The Kier molecular flexibility index (Phi) is 27.5. The molecule has 0 saturated heterocycles. The Morgan fingerprint density at radius 2 is 1.13 bits per heavy atom. The standard InChI is InChI=1S/C33H61NO4/c1-3-5-7-9-11-13-15-16-18-20-22-24-26-28-32(37)34-30(29-35)33(38)31(36)27-25-23-21-19-17-14-12-10-8-6-4-2/h16,18-19,21-22,24,30-31,33,35-36,38H,3-15,17,20,23,25-29H2,1-2H3,(H,34,37)/b18-16-,21-19+,24-22-. The van der Waals surface area contributed by atoms with E-state index in [1.807, 2.05) is 6.08 Å². The quantitative estimate of drug-likeness (QED) is 0.0641. The molecule has 3 atom stereocenters. The number of hydrogen-bond acceptors (Lipinski definition) is 4. The van der Waals surface area contributed by atoms with Crippen molar-refractivity contribution in [3.8, 4) is 0 Å².